The molecule has 4 rings (SSSR count). The Kier molecular flexibility index (Phi) is 3.78. The van der Waals surface area contributed by atoms with Crippen molar-refractivity contribution in [2.24, 2.45) is 0 Å². The number of piperazine rings is 1. The highest BCUT2D eigenvalue weighted by Gasteiger charge is 2.16. The lowest BCUT2D eigenvalue weighted by atomic mass is 10.1. The molecule has 1 saturated heterocycles. The summed E-state index contributed by atoms with van der Waals surface area (Å²) in [5, 5.41) is 0. The SMILES string of the molecule is CCN1CCN(c2ccc(-c3nc4nc[nH]c4c(=O)[nH]3)cc2)CC1. The Morgan fingerprint density at radius 3 is 2.58 bits per heavy atom. The molecule has 1 aliphatic rings. The van der Waals surface area contributed by atoms with Crippen molar-refractivity contribution in [3.63, 3.8) is 0 Å². The van der Waals surface area contributed by atoms with Crippen molar-refractivity contribution in [3.8, 4) is 11.4 Å². The summed E-state index contributed by atoms with van der Waals surface area (Å²) < 4.78 is 0. The van der Waals surface area contributed by atoms with Crippen LogP contribution in [0.4, 0.5) is 5.69 Å². The first-order valence-electron chi connectivity index (χ1n) is 8.26. The lowest BCUT2D eigenvalue weighted by Crippen LogP contribution is -2.46. The smallest absolute Gasteiger partial charge is 0.277 e. The molecule has 1 aliphatic heterocycles. The van der Waals surface area contributed by atoms with E-state index >= 15 is 0 Å². The number of aromatic nitrogens is 4. The van der Waals surface area contributed by atoms with Crippen molar-refractivity contribution in [1.29, 1.82) is 0 Å². The zero-order chi connectivity index (χ0) is 16.5. The summed E-state index contributed by atoms with van der Waals surface area (Å²) in [4.78, 5) is 31.0. The Morgan fingerprint density at radius 1 is 1.12 bits per heavy atom. The summed E-state index contributed by atoms with van der Waals surface area (Å²) in [6.07, 6.45) is 1.48. The first-order valence-corrected chi connectivity index (χ1v) is 8.26. The number of benzene rings is 1. The minimum atomic E-state index is -0.202. The minimum Gasteiger partial charge on any atom is -0.369 e. The van der Waals surface area contributed by atoms with Gasteiger partial charge in [-0.15, -0.1) is 0 Å². The van der Waals surface area contributed by atoms with Crippen LogP contribution in [0.5, 0.6) is 0 Å². The van der Waals surface area contributed by atoms with E-state index < -0.39 is 0 Å². The molecule has 1 fully saturated rings. The zero-order valence-electron chi connectivity index (χ0n) is 13.6. The van der Waals surface area contributed by atoms with E-state index in [1.807, 2.05) is 12.1 Å². The molecule has 0 aliphatic carbocycles. The Bertz CT molecular complexity index is 889. The molecule has 0 amide bonds. The maximum Gasteiger partial charge on any atom is 0.277 e. The second-order valence-corrected chi connectivity index (χ2v) is 5.98. The van der Waals surface area contributed by atoms with Gasteiger partial charge < -0.3 is 19.8 Å². The summed E-state index contributed by atoms with van der Waals surface area (Å²) in [7, 11) is 0. The number of likely N-dealkylation sites (N-methyl/N-ethyl adjacent to an activating group) is 1. The molecule has 0 unspecified atom stereocenters. The predicted octanol–water partition coefficient (Wildman–Crippen LogP) is 1.46. The molecular formula is C17H20N6O. The van der Waals surface area contributed by atoms with Crippen molar-refractivity contribution in [2.45, 2.75) is 6.92 Å². The highest BCUT2D eigenvalue weighted by molar-refractivity contribution is 5.72. The Balaban J connectivity index is 1.58. The van der Waals surface area contributed by atoms with Gasteiger partial charge >= 0.3 is 0 Å². The van der Waals surface area contributed by atoms with Crippen molar-refractivity contribution in [2.75, 3.05) is 37.6 Å². The first kappa shape index (κ1) is 14.9. The summed E-state index contributed by atoms with van der Waals surface area (Å²) in [6.45, 7) is 7.60. The third-order valence-electron chi connectivity index (χ3n) is 4.62. The van der Waals surface area contributed by atoms with Crippen LogP contribution in [0.2, 0.25) is 0 Å². The van der Waals surface area contributed by atoms with Gasteiger partial charge in [0.05, 0.1) is 6.33 Å². The van der Waals surface area contributed by atoms with Gasteiger partial charge in [-0.25, -0.2) is 9.97 Å². The van der Waals surface area contributed by atoms with E-state index in [9.17, 15) is 4.79 Å². The number of H-pyrrole nitrogens is 2. The second-order valence-electron chi connectivity index (χ2n) is 5.98. The number of nitrogens with zero attached hydrogens (tertiary/aromatic N) is 4. The van der Waals surface area contributed by atoms with Crippen molar-refractivity contribution >= 4 is 16.9 Å². The van der Waals surface area contributed by atoms with Gasteiger partial charge in [-0.1, -0.05) is 6.92 Å². The molecule has 3 heterocycles. The molecule has 0 atom stereocenters. The first-order chi connectivity index (χ1) is 11.7. The van der Waals surface area contributed by atoms with Gasteiger partial charge in [0.1, 0.15) is 5.82 Å². The van der Waals surface area contributed by atoms with Crippen LogP contribution in [0.1, 0.15) is 6.92 Å². The highest BCUT2D eigenvalue weighted by atomic mass is 16.1. The van der Waals surface area contributed by atoms with Crippen LogP contribution < -0.4 is 10.5 Å². The van der Waals surface area contributed by atoms with E-state index in [1.165, 1.54) is 12.0 Å². The molecule has 3 aromatic rings. The summed E-state index contributed by atoms with van der Waals surface area (Å²) in [5.41, 5.74) is 2.73. The Morgan fingerprint density at radius 2 is 1.88 bits per heavy atom. The van der Waals surface area contributed by atoms with Gasteiger partial charge in [0.25, 0.3) is 5.56 Å². The van der Waals surface area contributed by atoms with E-state index in [-0.39, 0.29) is 5.56 Å². The lowest BCUT2D eigenvalue weighted by Gasteiger charge is -2.35. The molecule has 7 nitrogen and oxygen atoms in total. The molecule has 2 N–H and O–H groups in total. The Labute approximate surface area is 139 Å². The third-order valence-corrected chi connectivity index (χ3v) is 4.62. The molecule has 0 saturated carbocycles. The van der Waals surface area contributed by atoms with Crippen LogP contribution in [0.25, 0.3) is 22.6 Å². The molecule has 0 spiro atoms. The van der Waals surface area contributed by atoms with Gasteiger partial charge in [-0.2, -0.15) is 0 Å². The van der Waals surface area contributed by atoms with Crippen molar-refractivity contribution < 1.29 is 0 Å². The van der Waals surface area contributed by atoms with Gasteiger partial charge in [0, 0.05) is 37.4 Å². The average Bonchev–Trinajstić information content (AvgIpc) is 3.11. The van der Waals surface area contributed by atoms with Gasteiger partial charge in [-0.05, 0) is 30.8 Å². The third kappa shape index (κ3) is 2.67. The molecule has 1 aromatic carbocycles. The molecule has 24 heavy (non-hydrogen) atoms. The number of nitrogens with one attached hydrogen (secondary N) is 2. The molecule has 2 aromatic heterocycles. The fraction of sp³-hybridized carbons (Fsp3) is 0.353. The van der Waals surface area contributed by atoms with Gasteiger partial charge in [0.15, 0.2) is 11.2 Å². The molecule has 7 heteroatoms. The van der Waals surface area contributed by atoms with E-state index in [0.717, 1.165) is 38.3 Å². The number of hydrogen-bond donors (Lipinski definition) is 2. The van der Waals surface area contributed by atoms with Crippen molar-refractivity contribution in [1.82, 2.24) is 24.8 Å². The van der Waals surface area contributed by atoms with Gasteiger partial charge in [-0.3, -0.25) is 4.79 Å². The van der Waals surface area contributed by atoms with Crippen LogP contribution in [-0.4, -0.2) is 57.6 Å². The topological polar surface area (TPSA) is 80.9 Å². The van der Waals surface area contributed by atoms with Crippen LogP contribution in [0, 0.1) is 0 Å². The number of hydrogen-bond acceptors (Lipinski definition) is 5. The number of aromatic amines is 2. The predicted molar refractivity (Wildman–Crippen MR) is 94.3 cm³/mol. The fourth-order valence-electron chi connectivity index (χ4n) is 3.13. The quantitative estimate of drug-likeness (QED) is 0.762. The van der Waals surface area contributed by atoms with Crippen molar-refractivity contribution in [3.05, 3.63) is 40.9 Å². The molecule has 0 radical (unpaired) electrons. The van der Waals surface area contributed by atoms with E-state index in [4.69, 9.17) is 0 Å². The highest BCUT2D eigenvalue weighted by Crippen LogP contribution is 2.21. The molecular weight excluding hydrogens is 304 g/mol. The fourth-order valence-corrected chi connectivity index (χ4v) is 3.13. The standard InChI is InChI=1S/C17H20N6O/c1-2-22-7-9-23(10-8-22)13-5-3-12(4-6-13)15-20-16-14(17(24)21-15)18-11-19-16/h3-6,11H,2,7-10H2,1H3,(H2,18,19,20,21,24). The molecule has 0 bridgehead atoms. The van der Waals surface area contributed by atoms with Crippen LogP contribution in [0.3, 0.4) is 0 Å². The summed E-state index contributed by atoms with van der Waals surface area (Å²) >= 11 is 0. The van der Waals surface area contributed by atoms with Crippen LogP contribution in [-0.2, 0) is 0 Å². The maximum absolute atomic E-state index is 12.0. The lowest BCUT2D eigenvalue weighted by molar-refractivity contribution is 0.271. The van der Waals surface area contributed by atoms with E-state index in [0.29, 0.717) is 17.0 Å². The Hall–Kier alpha value is -2.67. The van der Waals surface area contributed by atoms with E-state index in [1.54, 1.807) is 0 Å². The second kappa shape index (κ2) is 6.09. The van der Waals surface area contributed by atoms with E-state index in [2.05, 4.69) is 48.8 Å². The van der Waals surface area contributed by atoms with Crippen LogP contribution >= 0.6 is 0 Å². The summed E-state index contributed by atoms with van der Waals surface area (Å²) in [5.74, 6) is 0.543. The number of anilines is 1. The maximum atomic E-state index is 12.0. The number of imidazole rings is 1. The average molecular weight is 324 g/mol. The van der Waals surface area contributed by atoms with Crippen LogP contribution in [0.15, 0.2) is 35.4 Å². The number of rotatable bonds is 3. The normalized spacial score (nSPS) is 16.0. The molecule has 124 valence electrons. The number of fused-ring (bicyclic) bond motifs is 1. The largest absolute Gasteiger partial charge is 0.369 e. The monoisotopic (exact) mass is 324 g/mol. The summed E-state index contributed by atoms with van der Waals surface area (Å²) in [6, 6.07) is 8.17. The van der Waals surface area contributed by atoms with Gasteiger partial charge in [0.2, 0.25) is 0 Å². The zero-order valence-corrected chi connectivity index (χ0v) is 13.6. The minimum absolute atomic E-state index is 0.202.